The van der Waals surface area contributed by atoms with Crippen LogP contribution in [0.2, 0.25) is 0 Å². The summed E-state index contributed by atoms with van der Waals surface area (Å²) in [4.78, 5) is 35.0. The van der Waals surface area contributed by atoms with Crippen LogP contribution in [0, 0.1) is 11.8 Å². The number of alkyl carbamates (subject to hydrolysis) is 1. The quantitative estimate of drug-likeness (QED) is 0.172. The van der Waals surface area contributed by atoms with Gasteiger partial charge in [0.2, 0.25) is 0 Å². The fraction of sp³-hybridized carbons (Fsp3) is 0.875. The Morgan fingerprint density at radius 3 is 2.12 bits per heavy atom. The van der Waals surface area contributed by atoms with Crippen molar-refractivity contribution in [3.05, 3.63) is 0 Å². The predicted molar refractivity (Wildman–Crippen MR) is 90.9 cm³/mol. The van der Waals surface area contributed by atoms with Gasteiger partial charge in [-0.05, 0) is 25.2 Å². The van der Waals surface area contributed by atoms with Gasteiger partial charge in [-0.2, -0.15) is 0 Å². The van der Waals surface area contributed by atoms with Crippen molar-refractivity contribution in [1.82, 2.24) is 5.32 Å². The van der Waals surface area contributed by atoms with E-state index in [1.54, 1.807) is 27.7 Å². The number of esters is 1. The molecule has 1 amide bonds. The van der Waals surface area contributed by atoms with E-state index < -0.39 is 25.7 Å². The predicted octanol–water partition coefficient (Wildman–Crippen LogP) is -0.273. The molecule has 9 heteroatoms. The molecule has 2 unspecified atom stereocenters. The van der Waals surface area contributed by atoms with Gasteiger partial charge in [0.15, 0.2) is 0 Å². The van der Waals surface area contributed by atoms with Crippen LogP contribution in [-0.4, -0.2) is 37.2 Å². The summed E-state index contributed by atoms with van der Waals surface area (Å²) in [5.74, 6) is -0.939. The molecule has 0 fully saturated rings. The first kappa shape index (κ1) is 27.2. The van der Waals surface area contributed by atoms with Crippen LogP contribution in [0.15, 0.2) is 0 Å². The Kier molecular flexibility index (Phi) is 15.3. The van der Waals surface area contributed by atoms with Gasteiger partial charge in [-0.15, -0.1) is 0 Å². The van der Waals surface area contributed by atoms with Crippen molar-refractivity contribution < 1.29 is 58.1 Å². The van der Waals surface area contributed by atoms with E-state index in [1.165, 1.54) is 0 Å². The summed E-state index contributed by atoms with van der Waals surface area (Å²) in [6.45, 7) is 9.06. The Morgan fingerprint density at radius 2 is 1.64 bits per heavy atom. The molecule has 0 aliphatic rings. The van der Waals surface area contributed by atoms with E-state index >= 15 is 0 Å². The molecule has 0 saturated carbocycles. The average molecular weight is 387 g/mol. The summed E-state index contributed by atoms with van der Waals surface area (Å²) < 4.78 is 21.9. The monoisotopic (exact) mass is 387 g/mol. The van der Waals surface area contributed by atoms with Crippen molar-refractivity contribution in [3.63, 3.8) is 0 Å². The molecule has 0 saturated heterocycles. The molecule has 142 valence electrons. The van der Waals surface area contributed by atoms with E-state index in [2.05, 4.69) is 5.32 Å². The third-order valence-corrected chi connectivity index (χ3v) is 5.26. The molecule has 0 heterocycles. The summed E-state index contributed by atoms with van der Waals surface area (Å²) >= 11 is 0. The summed E-state index contributed by atoms with van der Waals surface area (Å²) in [7, 11) is -3.35. The van der Waals surface area contributed by atoms with Gasteiger partial charge >= 0.3 is 41.6 Å². The van der Waals surface area contributed by atoms with E-state index in [-0.39, 0.29) is 60.3 Å². The van der Waals surface area contributed by atoms with E-state index in [9.17, 15) is 19.0 Å². The van der Waals surface area contributed by atoms with Crippen LogP contribution < -0.4 is 39.8 Å². The van der Waals surface area contributed by atoms with E-state index in [1.807, 2.05) is 6.92 Å². The summed E-state index contributed by atoms with van der Waals surface area (Å²) in [6, 6.07) is 0. The molecular formula is C16H31NNaO6P. The molecule has 0 radical (unpaired) electrons. The number of carbonyl (C=O) groups excluding carboxylic acids is 2. The van der Waals surface area contributed by atoms with Crippen LogP contribution in [0.4, 0.5) is 4.79 Å². The maximum atomic E-state index is 11.7. The third-order valence-electron chi connectivity index (χ3n) is 3.27. The maximum absolute atomic E-state index is 11.7. The normalized spacial score (nSPS) is 14.4. The number of carbonyl (C=O) groups is 2. The van der Waals surface area contributed by atoms with Gasteiger partial charge < -0.3 is 24.2 Å². The molecule has 0 aromatic heterocycles. The first-order chi connectivity index (χ1) is 11.1. The van der Waals surface area contributed by atoms with Crippen molar-refractivity contribution in [2.75, 3.05) is 18.9 Å². The number of rotatable bonds is 11. The van der Waals surface area contributed by atoms with Crippen molar-refractivity contribution in [3.8, 4) is 0 Å². The Labute approximate surface area is 173 Å². The average Bonchev–Trinajstić information content (AvgIpc) is 2.48. The zero-order valence-electron chi connectivity index (χ0n) is 16.4. The van der Waals surface area contributed by atoms with Crippen LogP contribution >= 0.6 is 7.37 Å². The second-order valence-electron chi connectivity index (χ2n) is 6.50. The molecule has 0 spiro atoms. The zero-order chi connectivity index (χ0) is 18.8. The van der Waals surface area contributed by atoms with Crippen LogP contribution in [0.5, 0.6) is 0 Å². The summed E-state index contributed by atoms with van der Waals surface area (Å²) in [6.07, 6.45) is 0.403. The van der Waals surface area contributed by atoms with Gasteiger partial charge in [-0.25, -0.2) is 4.79 Å². The van der Waals surface area contributed by atoms with E-state index in [0.29, 0.717) is 12.8 Å². The Morgan fingerprint density at radius 1 is 1.08 bits per heavy atom. The second-order valence-corrected chi connectivity index (χ2v) is 9.03. The molecule has 0 rings (SSSR count). The fourth-order valence-corrected chi connectivity index (χ4v) is 3.38. The molecule has 0 aromatic rings. The van der Waals surface area contributed by atoms with Crippen LogP contribution in [0.25, 0.3) is 0 Å². The Bertz CT molecular complexity index is 444. The SMILES string of the molecule is CCCCP(=O)([O-])CCCNC(=O)OC(OC(=O)C(C)C)C(C)C.[Na+]. The molecule has 0 bridgehead atoms. The minimum absolute atomic E-state index is 0. The number of nitrogens with one attached hydrogen (secondary N) is 1. The van der Waals surface area contributed by atoms with Crippen molar-refractivity contribution in [2.45, 2.75) is 60.2 Å². The van der Waals surface area contributed by atoms with Gasteiger partial charge in [-0.3, -0.25) is 4.79 Å². The van der Waals surface area contributed by atoms with Crippen LogP contribution in [0.1, 0.15) is 53.9 Å². The smallest absolute Gasteiger partial charge is 0.799 e. The second kappa shape index (κ2) is 14.0. The van der Waals surface area contributed by atoms with E-state index in [4.69, 9.17) is 9.47 Å². The fourth-order valence-electron chi connectivity index (χ4n) is 1.72. The maximum Gasteiger partial charge on any atom is 1.00 e. The topological polar surface area (TPSA) is 105 Å². The minimum atomic E-state index is -3.35. The molecule has 0 aromatic carbocycles. The molecule has 0 aliphatic heterocycles. The number of ether oxygens (including phenoxy) is 2. The first-order valence-electron chi connectivity index (χ1n) is 8.53. The Hall–Kier alpha value is -0.0700. The van der Waals surface area contributed by atoms with Crippen molar-refractivity contribution in [2.24, 2.45) is 11.8 Å². The van der Waals surface area contributed by atoms with Gasteiger partial charge in [0.25, 0.3) is 6.29 Å². The minimum Gasteiger partial charge on any atom is -0.799 e. The molecule has 0 aliphatic carbocycles. The van der Waals surface area contributed by atoms with Gasteiger partial charge in [0.1, 0.15) is 0 Å². The first-order valence-corrected chi connectivity index (χ1v) is 10.5. The number of amides is 1. The molecular weight excluding hydrogens is 356 g/mol. The van der Waals surface area contributed by atoms with Gasteiger partial charge in [0.05, 0.1) is 5.92 Å². The zero-order valence-corrected chi connectivity index (χ0v) is 19.3. The van der Waals surface area contributed by atoms with Crippen molar-refractivity contribution in [1.29, 1.82) is 0 Å². The molecule has 7 nitrogen and oxygen atoms in total. The largest absolute Gasteiger partial charge is 1.00 e. The number of hydrogen-bond acceptors (Lipinski definition) is 6. The van der Waals surface area contributed by atoms with E-state index in [0.717, 1.165) is 6.42 Å². The standard InChI is InChI=1S/C16H32NO6P.Na/c1-6-7-10-24(20,21)11-8-9-17-16(19)23-15(13(4)5)22-14(18)12(2)3;/h12-13,15H,6-11H2,1-5H3,(H,17,19)(H,20,21);/q;+1/p-1. The van der Waals surface area contributed by atoms with Crippen molar-refractivity contribution >= 4 is 19.4 Å². The molecule has 2 atom stereocenters. The van der Waals surface area contributed by atoms with Gasteiger partial charge in [-0.1, -0.05) is 41.0 Å². The van der Waals surface area contributed by atoms with Crippen LogP contribution in [0.3, 0.4) is 0 Å². The summed E-state index contributed by atoms with van der Waals surface area (Å²) in [5, 5.41) is 2.49. The van der Waals surface area contributed by atoms with Crippen LogP contribution in [-0.2, 0) is 18.8 Å². The molecule has 25 heavy (non-hydrogen) atoms. The third kappa shape index (κ3) is 13.8. The number of unbranched alkanes of at least 4 members (excludes halogenated alkanes) is 1. The Balaban J connectivity index is 0. The number of hydrogen-bond donors (Lipinski definition) is 1. The summed E-state index contributed by atoms with van der Waals surface area (Å²) in [5.41, 5.74) is 0. The molecule has 1 N–H and O–H groups in total. The van der Waals surface area contributed by atoms with Gasteiger partial charge in [0, 0.05) is 19.8 Å².